The number of unbranched alkanes of at least 4 members (excludes halogenated alkanes) is 3. The van der Waals surface area contributed by atoms with E-state index in [0.717, 1.165) is 48.2 Å². The van der Waals surface area contributed by atoms with E-state index in [4.69, 9.17) is 4.74 Å². The summed E-state index contributed by atoms with van der Waals surface area (Å²) in [6.07, 6.45) is 10.3. The van der Waals surface area contributed by atoms with Gasteiger partial charge in [-0.05, 0) is 86.2 Å². The van der Waals surface area contributed by atoms with Crippen molar-refractivity contribution in [1.29, 1.82) is 0 Å². The molecular weight excluding hydrogens is 799 g/mol. The smallest absolute Gasteiger partial charge is 0.274 e. The van der Waals surface area contributed by atoms with Crippen LogP contribution >= 0.6 is 0 Å². The Morgan fingerprint density at radius 3 is 2.65 bits per heavy atom. The highest BCUT2D eigenvalue weighted by atomic mass is 19.1. The molecule has 3 N–H and O–H groups in total. The minimum absolute atomic E-state index is 0.186. The molecular formula is C46H42F2N8O6. The number of carbonyl (C=O) groups excluding carboxylic acids is 4. The molecule has 0 bridgehead atoms. The van der Waals surface area contributed by atoms with E-state index in [-0.39, 0.29) is 54.2 Å². The number of hydrogen-bond donors (Lipinski definition) is 3. The number of amides is 4. The molecule has 0 spiro atoms. The van der Waals surface area contributed by atoms with Crippen LogP contribution in [0.3, 0.4) is 0 Å². The van der Waals surface area contributed by atoms with E-state index in [1.54, 1.807) is 60.5 Å². The number of piperidine rings is 1. The predicted molar refractivity (Wildman–Crippen MR) is 225 cm³/mol. The Morgan fingerprint density at radius 1 is 0.952 bits per heavy atom. The van der Waals surface area contributed by atoms with Gasteiger partial charge in [-0.3, -0.25) is 34.0 Å². The van der Waals surface area contributed by atoms with Crippen LogP contribution in [0.1, 0.15) is 78.5 Å². The van der Waals surface area contributed by atoms with Gasteiger partial charge < -0.3 is 24.5 Å². The molecule has 0 saturated carbocycles. The second-order valence-corrected chi connectivity index (χ2v) is 15.3. The second kappa shape index (κ2) is 18.1. The highest BCUT2D eigenvalue weighted by Crippen LogP contribution is 2.39. The number of aryl methyl sites for hydroxylation is 3. The number of fused-ring (bicyclic) bond motifs is 2. The zero-order chi connectivity index (χ0) is 43.3. The van der Waals surface area contributed by atoms with E-state index >= 15 is 0 Å². The maximum absolute atomic E-state index is 14.6. The molecule has 316 valence electrons. The minimum atomic E-state index is -0.879. The summed E-state index contributed by atoms with van der Waals surface area (Å²) in [5.41, 5.74) is 4.57. The fourth-order valence-electron chi connectivity index (χ4n) is 7.81. The third-order valence-electron chi connectivity index (χ3n) is 11.0. The largest absolute Gasteiger partial charge is 0.454 e. The van der Waals surface area contributed by atoms with Gasteiger partial charge in [-0.15, -0.1) is 5.10 Å². The first-order valence-electron chi connectivity index (χ1n) is 20.4. The first kappa shape index (κ1) is 41.3. The van der Waals surface area contributed by atoms with Crippen molar-refractivity contribution in [2.45, 2.75) is 76.9 Å². The monoisotopic (exact) mass is 840 g/mol. The van der Waals surface area contributed by atoms with Crippen LogP contribution in [0.2, 0.25) is 0 Å². The van der Waals surface area contributed by atoms with Crippen LogP contribution < -0.4 is 20.9 Å². The van der Waals surface area contributed by atoms with Crippen LogP contribution in [0.25, 0.3) is 22.0 Å². The fraction of sp³-hybridized carbons (Fsp3) is 0.283. The lowest BCUT2D eigenvalue weighted by atomic mass is 10.0. The molecule has 5 heterocycles. The van der Waals surface area contributed by atoms with Crippen molar-refractivity contribution in [3.63, 3.8) is 0 Å². The fourth-order valence-corrected chi connectivity index (χ4v) is 7.81. The molecule has 1 atom stereocenters. The van der Waals surface area contributed by atoms with Gasteiger partial charge in [-0.2, -0.15) is 0 Å². The number of H-pyrrole nitrogens is 1. The van der Waals surface area contributed by atoms with E-state index in [1.807, 2.05) is 12.3 Å². The lowest BCUT2D eigenvalue weighted by molar-refractivity contribution is -0.137. The molecule has 2 aliphatic heterocycles. The van der Waals surface area contributed by atoms with Crippen LogP contribution in [0.15, 0.2) is 84.0 Å². The Hall–Kier alpha value is -7.41. The van der Waals surface area contributed by atoms with Crippen LogP contribution in [0.5, 0.6) is 11.5 Å². The molecule has 8 rings (SSSR count). The molecule has 0 aliphatic carbocycles. The normalized spacial score (nSPS) is 14.7. The summed E-state index contributed by atoms with van der Waals surface area (Å²) in [5.74, 6) is 3.67. The van der Waals surface area contributed by atoms with Crippen LogP contribution in [0.4, 0.5) is 14.5 Å². The SMILES string of the molecule is Cn1cc(-c2cc(NC(=O)CCCc3cn(CCCCCC#Cc4cccc5c4CN(C4CCC(=O)NC4=O)C5=O)nn3)ccc2Oc2ccc(F)cc2F)c2cc[nH]c2c1=O. The van der Waals surface area contributed by atoms with E-state index in [1.165, 1.54) is 15.5 Å². The van der Waals surface area contributed by atoms with Gasteiger partial charge in [-0.1, -0.05) is 29.5 Å². The lowest BCUT2D eigenvalue weighted by Crippen LogP contribution is -2.52. The van der Waals surface area contributed by atoms with Gasteiger partial charge in [-0.25, -0.2) is 8.78 Å². The number of pyridine rings is 1. The Morgan fingerprint density at radius 2 is 1.81 bits per heavy atom. The molecule has 14 nitrogen and oxygen atoms in total. The Kier molecular flexibility index (Phi) is 12.0. The van der Waals surface area contributed by atoms with Gasteiger partial charge >= 0.3 is 0 Å². The summed E-state index contributed by atoms with van der Waals surface area (Å²) in [6.45, 7) is 0.973. The Bertz CT molecular complexity index is 2850. The average Bonchev–Trinajstić information content (AvgIpc) is 4.00. The topological polar surface area (TPSA) is 173 Å². The summed E-state index contributed by atoms with van der Waals surface area (Å²) in [5, 5.41) is 14.4. The highest BCUT2D eigenvalue weighted by molar-refractivity contribution is 6.05. The van der Waals surface area contributed by atoms with Gasteiger partial charge in [0.15, 0.2) is 11.6 Å². The number of aromatic amines is 1. The summed E-state index contributed by atoms with van der Waals surface area (Å²) >= 11 is 0. The quantitative estimate of drug-likeness (QED) is 0.0631. The van der Waals surface area contributed by atoms with Gasteiger partial charge in [0.05, 0.1) is 5.69 Å². The number of anilines is 1. The molecule has 1 saturated heterocycles. The Balaban J connectivity index is 0.806. The average molecular weight is 841 g/mol. The Labute approximate surface area is 354 Å². The van der Waals surface area contributed by atoms with E-state index in [0.29, 0.717) is 65.5 Å². The summed E-state index contributed by atoms with van der Waals surface area (Å²) < 4.78 is 37.4. The number of nitrogens with zero attached hydrogens (tertiary/aromatic N) is 5. The number of aromatic nitrogens is 5. The summed E-state index contributed by atoms with van der Waals surface area (Å²) in [6, 6.07) is 14.4. The van der Waals surface area contributed by atoms with Crippen molar-refractivity contribution in [3.8, 4) is 34.5 Å². The molecule has 1 unspecified atom stereocenters. The molecule has 3 aromatic heterocycles. The number of ether oxygens (including phenoxy) is 1. The molecule has 3 aromatic carbocycles. The number of carbonyl (C=O) groups is 4. The molecule has 6 aromatic rings. The molecule has 62 heavy (non-hydrogen) atoms. The zero-order valence-corrected chi connectivity index (χ0v) is 33.8. The van der Waals surface area contributed by atoms with E-state index < -0.39 is 23.6 Å². The van der Waals surface area contributed by atoms with Crippen LogP contribution in [0, 0.1) is 23.5 Å². The molecule has 0 radical (unpaired) electrons. The predicted octanol–water partition coefficient (Wildman–Crippen LogP) is 6.53. The first-order valence-corrected chi connectivity index (χ1v) is 20.4. The van der Waals surface area contributed by atoms with Crippen molar-refractivity contribution in [2.75, 3.05) is 5.32 Å². The van der Waals surface area contributed by atoms with Gasteiger partial charge in [0.25, 0.3) is 11.5 Å². The molecule has 1 fully saturated rings. The number of rotatable bonds is 14. The van der Waals surface area contributed by atoms with E-state index in [9.17, 15) is 32.8 Å². The standard InChI is InChI=1S/C46H42F2N8O6/c1-54-26-36(32-20-21-49-43(32)46(54)61)34-24-30(15-18-39(34)62-40-17-14-29(47)23-37(40)48)50-41(57)13-8-11-31-25-55(53-52-31)22-6-4-2-3-5-9-28-10-7-12-33-35(28)27-56(45(33)60)38-16-19-42(58)51-44(38)59/h7,10,12,14-15,17-18,20-21,23-26,38,49H,2-4,6,8,11,13,16,19,22,27H2,1H3,(H,50,57)(H,51,58,59). The molecule has 16 heteroatoms. The van der Waals surface area contributed by atoms with Crippen molar-refractivity contribution < 1.29 is 32.7 Å². The van der Waals surface area contributed by atoms with Gasteiger partial charge in [0, 0.05) is 97.4 Å². The second-order valence-electron chi connectivity index (χ2n) is 15.3. The van der Waals surface area contributed by atoms with Crippen molar-refractivity contribution >= 4 is 40.2 Å². The van der Waals surface area contributed by atoms with Gasteiger partial charge in [0.1, 0.15) is 23.1 Å². The van der Waals surface area contributed by atoms with Crippen molar-refractivity contribution in [2.24, 2.45) is 7.05 Å². The van der Waals surface area contributed by atoms with E-state index in [2.05, 4.69) is 37.8 Å². The van der Waals surface area contributed by atoms with Gasteiger partial charge in [0.2, 0.25) is 17.7 Å². The highest BCUT2D eigenvalue weighted by Gasteiger charge is 2.39. The van der Waals surface area contributed by atoms with Crippen LogP contribution in [-0.4, -0.2) is 59.1 Å². The van der Waals surface area contributed by atoms with Crippen molar-refractivity contribution in [1.82, 2.24) is 34.8 Å². The third kappa shape index (κ3) is 9.02. The zero-order valence-electron chi connectivity index (χ0n) is 33.8. The number of nitrogens with one attached hydrogen (secondary N) is 3. The third-order valence-corrected chi connectivity index (χ3v) is 11.0. The number of imide groups is 1. The van der Waals surface area contributed by atoms with Crippen molar-refractivity contribution in [3.05, 3.63) is 124 Å². The molecule has 4 amide bonds. The maximum Gasteiger partial charge on any atom is 0.274 e. The number of hydrogen-bond acceptors (Lipinski definition) is 8. The maximum atomic E-state index is 14.6. The first-order chi connectivity index (χ1) is 30.0. The number of benzene rings is 3. The summed E-state index contributed by atoms with van der Waals surface area (Å²) in [4.78, 5) is 67.5. The minimum Gasteiger partial charge on any atom is -0.454 e. The summed E-state index contributed by atoms with van der Waals surface area (Å²) in [7, 11) is 1.61. The lowest BCUT2D eigenvalue weighted by Gasteiger charge is -2.29. The number of halogens is 2. The van der Waals surface area contributed by atoms with Crippen LogP contribution in [-0.2, 0) is 40.9 Å². The molecule has 2 aliphatic rings.